The Hall–Kier alpha value is -0.200. The number of rotatable bonds is 3. The van der Waals surface area contributed by atoms with Crippen molar-refractivity contribution in [1.29, 1.82) is 5.26 Å². The molecular weight excluding hydrogens is 168 g/mol. The highest BCUT2D eigenvalue weighted by Gasteiger charge is 2.20. The molecule has 0 aliphatic carbocycles. The van der Waals surface area contributed by atoms with E-state index < -0.39 is 0 Å². The monoisotopic (exact) mass is 184 g/mol. The van der Waals surface area contributed by atoms with E-state index in [9.17, 15) is 0 Å². The largest absolute Gasteiger partial charge is 0.312 e. The van der Waals surface area contributed by atoms with E-state index in [0.29, 0.717) is 6.04 Å². The van der Waals surface area contributed by atoms with Gasteiger partial charge in [0.15, 0.2) is 0 Å². The molecule has 0 amide bonds. The summed E-state index contributed by atoms with van der Waals surface area (Å²) in [6, 6.07) is 2.94. The lowest BCUT2D eigenvalue weighted by Crippen LogP contribution is -2.36. The molecule has 1 saturated heterocycles. The van der Waals surface area contributed by atoms with Gasteiger partial charge in [-0.2, -0.15) is 17.0 Å². The Kier molecular flexibility index (Phi) is 3.42. The van der Waals surface area contributed by atoms with Crippen molar-refractivity contribution in [2.75, 3.05) is 18.1 Å². The standard InChI is InChI=1S/C9H16N2S/c1-9(2,6-10)7-11-8-3-4-12-5-8/h8,11H,3-5,7H2,1-2H3. The lowest BCUT2D eigenvalue weighted by atomic mass is 9.95. The summed E-state index contributed by atoms with van der Waals surface area (Å²) in [6.45, 7) is 4.76. The van der Waals surface area contributed by atoms with Gasteiger partial charge >= 0.3 is 0 Å². The maximum absolute atomic E-state index is 8.77. The average Bonchev–Trinajstić information content (AvgIpc) is 2.53. The molecule has 0 saturated carbocycles. The minimum Gasteiger partial charge on any atom is -0.312 e. The van der Waals surface area contributed by atoms with Gasteiger partial charge in [0.1, 0.15) is 0 Å². The van der Waals surface area contributed by atoms with Crippen molar-refractivity contribution in [2.24, 2.45) is 5.41 Å². The number of nitrogens with one attached hydrogen (secondary N) is 1. The van der Waals surface area contributed by atoms with Crippen LogP contribution in [0.2, 0.25) is 0 Å². The van der Waals surface area contributed by atoms with Gasteiger partial charge < -0.3 is 5.32 Å². The molecule has 1 N–H and O–H groups in total. The van der Waals surface area contributed by atoms with Crippen molar-refractivity contribution < 1.29 is 0 Å². The lowest BCUT2D eigenvalue weighted by molar-refractivity contribution is 0.413. The number of thioether (sulfide) groups is 1. The average molecular weight is 184 g/mol. The van der Waals surface area contributed by atoms with Crippen LogP contribution >= 0.6 is 11.8 Å². The first-order valence-electron chi connectivity index (χ1n) is 4.36. The van der Waals surface area contributed by atoms with Crippen LogP contribution in [-0.4, -0.2) is 24.1 Å². The van der Waals surface area contributed by atoms with Crippen molar-refractivity contribution in [3.8, 4) is 6.07 Å². The Labute approximate surface area is 78.7 Å². The fourth-order valence-corrected chi connectivity index (χ4v) is 2.32. The zero-order valence-electron chi connectivity index (χ0n) is 7.76. The van der Waals surface area contributed by atoms with Crippen molar-refractivity contribution >= 4 is 11.8 Å². The summed E-state index contributed by atoms with van der Waals surface area (Å²) in [6.07, 6.45) is 1.26. The lowest BCUT2D eigenvalue weighted by Gasteiger charge is -2.19. The molecule has 1 fully saturated rings. The molecule has 68 valence electrons. The van der Waals surface area contributed by atoms with Crippen LogP contribution in [0.3, 0.4) is 0 Å². The van der Waals surface area contributed by atoms with Gasteiger partial charge in [-0.3, -0.25) is 0 Å². The van der Waals surface area contributed by atoms with Gasteiger partial charge in [0, 0.05) is 18.3 Å². The summed E-state index contributed by atoms with van der Waals surface area (Å²) < 4.78 is 0. The summed E-state index contributed by atoms with van der Waals surface area (Å²) >= 11 is 1.99. The molecule has 1 rings (SSSR count). The van der Waals surface area contributed by atoms with E-state index in [0.717, 1.165) is 6.54 Å². The van der Waals surface area contributed by atoms with E-state index in [-0.39, 0.29) is 5.41 Å². The molecule has 12 heavy (non-hydrogen) atoms. The molecule has 2 nitrogen and oxygen atoms in total. The predicted octanol–water partition coefficient (Wildman–Crippen LogP) is 1.63. The molecule has 1 aliphatic rings. The van der Waals surface area contributed by atoms with Crippen LogP contribution in [0.5, 0.6) is 0 Å². The van der Waals surface area contributed by atoms with E-state index >= 15 is 0 Å². The van der Waals surface area contributed by atoms with Gasteiger partial charge in [0.05, 0.1) is 11.5 Å². The highest BCUT2D eigenvalue weighted by atomic mass is 32.2. The smallest absolute Gasteiger partial charge is 0.0697 e. The number of nitrogens with zero attached hydrogens (tertiary/aromatic N) is 1. The maximum atomic E-state index is 8.77. The second-order valence-electron chi connectivity index (χ2n) is 3.94. The minimum atomic E-state index is -0.215. The van der Waals surface area contributed by atoms with E-state index in [1.54, 1.807) is 0 Å². The van der Waals surface area contributed by atoms with E-state index in [2.05, 4.69) is 11.4 Å². The van der Waals surface area contributed by atoms with Gasteiger partial charge in [-0.25, -0.2) is 0 Å². The summed E-state index contributed by atoms with van der Waals surface area (Å²) in [4.78, 5) is 0. The molecule has 0 aromatic heterocycles. The topological polar surface area (TPSA) is 35.8 Å². The first-order valence-corrected chi connectivity index (χ1v) is 5.52. The highest BCUT2D eigenvalue weighted by molar-refractivity contribution is 7.99. The summed E-state index contributed by atoms with van der Waals surface area (Å²) in [5.41, 5.74) is -0.215. The third-order valence-corrected chi connectivity index (χ3v) is 3.23. The Morgan fingerprint density at radius 2 is 2.42 bits per heavy atom. The SMILES string of the molecule is CC(C)(C#N)CNC1CCSC1. The Bertz CT molecular complexity index is 177. The third-order valence-electron chi connectivity index (χ3n) is 2.07. The van der Waals surface area contributed by atoms with Crippen LogP contribution in [-0.2, 0) is 0 Å². The quantitative estimate of drug-likeness (QED) is 0.724. The fourth-order valence-electron chi connectivity index (χ4n) is 1.13. The van der Waals surface area contributed by atoms with Gasteiger partial charge in [-0.1, -0.05) is 0 Å². The molecule has 0 aromatic carbocycles. The Morgan fingerprint density at radius 3 is 2.92 bits per heavy atom. The van der Waals surface area contributed by atoms with Crippen molar-refractivity contribution in [2.45, 2.75) is 26.3 Å². The van der Waals surface area contributed by atoms with E-state index in [1.807, 2.05) is 25.6 Å². The zero-order chi connectivity index (χ0) is 9.03. The number of nitriles is 1. The van der Waals surface area contributed by atoms with Crippen LogP contribution in [0.15, 0.2) is 0 Å². The molecule has 1 atom stereocenters. The molecule has 3 heteroatoms. The minimum absolute atomic E-state index is 0.215. The van der Waals surface area contributed by atoms with E-state index in [4.69, 9.17) is 5.26 Å². The van der Waals surface area contributed by atoms with Gasteiger partial charge in [-0.15, -0.1) is 0 Å². The molecule has 0 spiro atoms. The van der Waals surface area contributed by atoms with E-state index in [1.165, 1.54) is 17.9 Å². The molecule has 1 aliphatic heterocycles. The second kappa shape index (κ2) is 4.15. The van der Waals surface area contributed by atoms with Gasteiger partial charge in [0.2, 0.25) is 0 Å². The van der Waals surface area contributed by atoms with Crippen molar-refractivity contribution in [3.05, 3.63) is 0 Å². The zero-order valence-corrected chi connectivity index (χ0v) is 8.58. The predicted molar refractivity (Wildman–Crippen MR) is 53.1 cm³/mol. The van der Waals surface area contributed by atoms with Crippen molar-refractivity contribution in [3.63, 3.8) is 0 Å². The second-order valence-corrected chi connectivity index (χ2v) is 5.09. The van der Waals surface area contributed by atoms with Crippen LogP contribution < -0.4 is 5.32 Å². The van der Waals surface area contributed by atoms with Crippen LogP contribution in [0.1, 0.15) is 20.3 Å². The first kappa shape index (κ1) is 9.88. The van der Waals surface area contributed by atoms with Crippen LogP contribution in [0, 0.1) is 16.7 Å². The fraction of sp³-hybridized carbons (Fsp3) is 0.889. The number of hydrogen-bond acceptors (Lipinski definition) is 3. The van der Waals surface area contributed by atoms with Gasteiger partial charge in [-0.05, 0) is 26.0 Å². The Balaban J connectivity index is 2.21. The maximum Gasteiger partial charge on any atom is 0.0697 e. The summed E-state index contributed by atoms with van der Waals surface area (Å²) in [5.74, 6) is 2.48. The molecule has 1 unspecified atom stereocenters. The highest BCUT2D eigenvalue weighted by Crippen LogP contribution is 2.18. The summed E-state index contributed by atoms with van der Waals surface area (Å²) in [7, 11) is 0. The normalized spacial score (nSPS) is 23.9. The summed E-state index contributed by atoms with van der Waals surface area (Å²) in [5, 5.41) is 12.2. The van der Waals surface area contributed by atoms with Crippen molar-refractivity contribution in [1.82, 2.24) is 5.32 Å². The van der Waals surface area contributed by atoms with Crippen LogP contribution in [0.4, 0.5) is 0 Å². The molecule has 1 heterocycles. The molecule has 0 bridgehead atoms. The first-order chi connectivity index (χ1) is 5.64. The molecule has 0 radical (unpaired) electrons. The van der Waals surface area contributed by atoms with Crippen LogP contribution in [0.25, 0.3) is 0 Å². The molecule has 0 aromatic rings. The third kappa shape index (κ3) is 3.04. The number of hydrogen-bond donors (Lipinski definition) is 1. The van der Waals surface area contributed by atoms with Gasteiger partial charge in [0.25, 0.3) is 0 Å². The molecular formula is C9H16N2S. The Morgan fingerprint density at radius 1 is 1.67 bits per heavy atom.